The van der Waals surface area contributed by atoms with E-state index in [2.05, 4.69) is 11.3 Å². The van der Waals surface area contributed by atoms with Crippen LogP contribution in [0.4, 0.5) is 0 Å². The van der Waals surface area contributed by atoms with Gasteiger partial charge in [-0.25, -0.2) is 17.8 Å². The van der Waals surface area contributed by atoms with Gasteiger partial charge in [0.1, 0.15) is 0 Å². The second kappa shape index (κ2) is 10.5. The molecule has 4 aromatic rings. The molecule has 1 heterocycles. The maximum Gasteiger partial charge on any atom is 0.253 e. The molecule has 0 aliphatic rings. The van der Waals surface area contributed by atoms with Gasteiger partial charge in [-0.05, 0) is 30.3 Å². The lowest BCUT2D eigenvalue weighted by Crippen LogP contribution is -2.27. The Morgan fingerprint density at radius 2 is 1.71 bits per heavy atom. The van der Waals surface area contributed by atoms with Gasteiger partial charge in [0, 0.05) is 43.0 Å². The molecule has 4 rings (SSSR count). The average molecular weight is 487 g/mol. The highest BCUT2D eigenvalue weighted by atomic mass is 32.2. The molecule has 0 aliphatic carbocycles. The highest BCUT2D eigenvalue weighted by molar-refractivity contribution is 7.89. The molecule has 35 heavy (non-hydrogen) atoms. The van der Waals surface area contributed by atoms with E-state index in [4.69, 9.17) is 5.10 Å². The molecule has 0 spiro atoms. The Balaban J connectivity index is 1.63. The number of amides is 1. The Hall–Kier alpha value is -4.01. The first kappa shape index (κ1) is 24.1. The number of nitrogens with zero attached hydrogens (tertiary/aromatic N) is 3. The molecule has 0 saturated heterocycles. The predicted molar refractivity (Wildman–Crippen MR) is 137 cm³/mol. The van der Waals surface area contributed by atoms with Crippen molar-refractivity contribution in [1.29, 1.82) is 0 Å². The monoisotopic (exact) mass is 486 g/mol. The number of rotatable bonds is 9. The van der Waals surface area contributed by atoms with Gasteiger partial charge in [0.2, 0.25) is 10.0 Å². The summed E-state index contributed by atoms with van der Waals surface area (Å²) in [6.45, 7) is 3.92. The number of carbonyl (C=O) groups excluding carboxylic acids is 1. The summed E-state index contributed by atoms with van der Waals surface area (Å²) in [6.07, 6.45) is 3.38. The minimum absolute atomic E-state index is 0.0282. The van der Waals surface area contributed by atoms with Gasteiger partial charge in [0.05, 0.1) is 16.3 Å². The first-order valence-electron chi connectivity index (χ1n) is 11.0. The van der Waals surface area contributed by atoms with Crippen LogP contribution in [0.15, 0.2) is 109 Å². The highest BCUT2D eigenvalue weighted by Gasteiger charge is 2.20. The van der Waals surface area contributed by atoms with Gasteiger partial charge < -0.3 is 4.90 Å². The van der Waals surface area contributed by atoms with Gasteiger partial charge in [-0.2, -0.15) is 5.10 Å². The van der Waals surface area contributed by atoms with E-state index in [-0.39, 0.29) is 22.9 Å². The zero-order valence-electron chi connectivity index (χ0n) is 19.3. The quantitative estimate of drug-likeness (QED) is 0.358. The number of nitrogens with one attached hydrogen (secondary N) is 1. The zero-order valence-corrected chi connectivity index (χ0v) is 20.2. The van der Waals surface area contributed by atoms with Crippen LogP contribution in [0, 0.1) is 0 Å². The van der Waals surface area contributed by atoms with Gasteiger partial charge in [-0.3, -0.25) is 4.79 Å². The minimum atomic E-state index is -3.74. The number of hydrogen-bond donors (Lipinski definition) is 1. The molecule has 0 atom stereocenters. The molecule has 0 radical (unpaired) electrons. The first-order valence-corrected chi connectivity index (χ1v) is 12.5. The van der Waals surface area contributed by atoms with Crippen LogP contribution in [-0.2, 0) is 16.6 Å². The normalized spacial score (nSPS) is 11.2. The lowest BCUT2D eigenvalue weighted by Gasteiger charge is -2.18. The van der Waals surface area contributed by atoms with Gasteiger partial charge in [-0.1, -0.05) is 60.7 Å². The van der Waals surface area contributed by atoms with Crippen molar-refractivity contribution in [3.63, 3.8) is 0 Å². The summed E-state index contributed by atoms with van der Waals surface area (Å²) >= 11 is 0. The summed E-state index contributed by atoms with van der Waals surface area (Å²) in [5, 5.41) is 4.79. The lowest BCUT2D eigenvalue weighted by atomic mass is 10.1. The molecule has 0 unspecified atom stereocenters. The van der Waals surface area contributed by atoms with Crippen LogP contribution in [0.2, 0.25) is 0 Å². The molecule has 0 bridgehead atoms. The second-order valence-corrected chi connectivity index (χ2v) is 9.75. The van der Waals surface area contributed by atoms with E-state index < -0.39 is 10.0 Å². The van der Waals surface area contributed by atoms with Crippen LogP contribution in [0.5, 0.6) is 0 Å². The number of hydrogen-bond acceptors (Lipinski definition) is 4. The fourth-order valence-electron chi connectivity index (χ4n) is 3.67. The molecule has 7 nitrogen and oxygen atoms in total. The molecule has 0 fully saturated rings. The Morgan fingerprint density at radius 1 is 1.03 bits per heavy atom. The van der Waals surface area contributed by atoms with Gasteiger partial charge >= 0.3 is 0 Å². The standard InChI is InChI=1S/C27H26N4O3S/c1-3-17-28-35(33,34)25-16-10-13-22(18-25)27(32)30(2)19-23-20-31(24-14-8-5-9-15-24)29-26(23)21-11-6-4-7-12-21/h3-16,18,20,28H,1,17,19H2,2H3. The van der Waals surface area contributed by atoms with Crippen molar-refractivity contribution < 1.29 is 13.2 Å². The van der Waals surface area contributed by atoms with E-state index in [1.54, 1.807) is 28.8 Å². The molecule has 3 aromatic carbocycles. The number of benzene rings is 3. The van der Waals surface area contributed by atoms with E-state index >= 15 is 0 Å². The van der Waals surface area contributed by atoms with E-state index in [1.807, 2.05) is 66.9 Å². The topological polar surface area (TPSA) is 84.3 Å². The summed E-state index contributed by atoms with van der Waals surface area (Å²) in [7, 11) is -2.05. The third-order valence-electron chi connectivity index (χ3n) is 5.42. The Labute approximate surface area is 205 Å². The van der Waals surface area contributed by atoms with Crippen LogP contribution in [0.25, 0.3) is 16.9 Å². The van der Waals surface area contributed by atoms with Gasteiger partial charge in [0.25, 0.3) is 5.91 Å². The smallest absolute Gasteiger partial charge is 0.253 e. The van der Waals surface area contributed by atoms with E-state index in [0.29, 0.717) is 6.54 Å². The fourth-order valence-corrected chi connectivity index (χ4v) is 4.72. The summed E-state index contributed by atoms with van der Waals surface area (Å²) in [5.41, 5.74) is 3.78. The first-order chi connectivity index (χ1) is 16.9. The minimum Gasteiger partial charge on any atom is -0.337 e. The van der Waals surface area contributed by atoms with Crippen LogP contribution >= 0.6 is 0 Å². The van der Waals surface area contributed by atoms with E-state index in [9.17, 15) is 13.2 Å². The summed E-state index contributed by atoms with van der Waals surface area (Å²) in [4.78, 5) is 14.8. The zero-order chi connectivity index (χ0) is 24.8. The molecule has 8 heteroatoms. The van der Waals surface area contributed by atoms with Crippen molar-refractivity contribution in [3.05, 3.63) is 115 Å². The van der Waals surface area contributed by atoms with Crippen LogP contribution in [0.3, 0.4) is 0 Å². The Morgan fingerprint density at radius 3 is 2.40 bits per heavy atom. The maximum atomic E-state index is 13.2. The fraction of sp³-hybridized carbons (Fsp3) is 0.111. The summed E-state index contributed by atoms with van der Waals surface area (Å²) in [6, 6.07) is 25.6. The number of sulfonamides is 1. The Kier molecular flexibility index (Phi) is 7.24. The predicted octanol–water partition coefficient (Wildman–Crippen LogP) is 4.28. The van der Waals surface area contributed by atoms with Crippen LogP contribution in [0.1, 0.15) is 15.9 Å². The summed E-state index contributed by atoms with van der Waals surface area (Å²) < 4.78 is 29.2. The van der Waals surface area contributed by atoms with Crippen molar-refractivity contribution in [3.8, 4) is 16.9 Å². The molecule has 1 amide bonds. The SMILES string of the molecule is C=CCNS(=O)(=O)c1cccc(C(=O)N(C)Cc2cn(-c3ccccc3)nc2-c2ccccc2)c1. The van der Waals surface area contributed by atoms with E-state index in [1.165, 1.54) is 18.2 Å². The molecule has 1 aromatic heterocycles. The lowest BCUT2D eigenvalue weighted by molar-refractivity contribution is 0.0785. The van der Waals surface area contributed by atoms with Crippen molar-refractivity contribution in [2.45, 2.75) is 11.4 Å². The third-order valence-corrected chi connectivity index (χ3v) is 6.84. The van der Waals surface area contributed by atoms with Crippen molar-refractivity contribution in [2.75, 3.05) is 13.6 Å². The van der Waals surface area contributed by atoms with Gasteiger partial charge in [0.15, 0.2) is 0 Å². The molecular formula is C27H26N4O3S. The molecule has 1 N–H and O–H groups in total. The van der Waals surface area contributed by atoms with Gasteiger partial charge in [-0.15, -0.1) is 6.58 Å². The largest absolute Gasteiger partial charge is 0.337 e. The maximum absolute atomic E-state index is 13.2. The second-order valence-electron chi connectivity index (χ2n) is 7.98. The van der Waals surface area contributed by atoms with Crippen molar-refractivity contribution >= 4 is 15.9 Å². The van der Waals surface area contributed by atoms with Crippen molar-refractivity contribution in [2.24, 2.45) is 0 Å². The average Bonchev–Trinajstić information content (AvgIpc) is 3.32. The van der Waals surface area contributed by atoms with Crippen LogP contribution in [-0.4, -0.2) is 42.6 Å². The van der Waals surface area contributed by atoms with E-state index in [0.717, 1.165) is 22.5 Å². The molecule has 0 aliphatic heterocycles. The molecular weight excluding hydrogens is 460 g/mol. The number of aromatic nitrogens is 2. The van der Waals surface area contributed by atoms with Crippen LogP contribution < -0.4 is 4.72 Å². The number of para-hydroxylation sites is 1. The number of carbonyl (C=O) groups is 1. The molecule has 178 valence electrons. The molecule has 0 saturated carbocycles. The third kappa shape index (κ3) is 5.56. The van der Waals surface area contributed by atoms with Crippen molar-refractivity contribution in [1.82, 2.24) is 19.4 Å². The highest BCUT2D eigenvalue weighted by Crippen LogP contribution is 2.25. The Bertz CT molecular complexity index is 1430. The summed E-state index contributed by atoms with van der Waals surface area (Å²) in [5.74, 6) is -0.294.